The van der Waals surface area contributed by atoms with E-state index in [2.05, 4.69) is 35.6 Å². The van der Waals surface area contributed by atoms with Crippen LogP contribution in [0, 0.1) is 6.92 Å². The molecule has 21 heavy (non-hydrogen) atoms. The van der Waals surface area contributed by atoms with Gasteiger partial charge < -0.3 is 10.2 Å². The summed E-state index contributed by atoms with van der Waals surface area (Å²) in [5.41, 5.74) is 3.35. The van der Waals surface area contributed by atoms with Crippen molar-refractivity contribution in [2.24, 2.45) is 0 Å². The number of likely N-dealkylation sites (tertiary alicyclic amines) is 1. The van der Waals surface area contributed by atoms with Gasteiger partial charge in [0.15, 0.2) is 0 Å². The molecule has 0 aliphatic carbocycles. The standard InChI is InChI=1S/C17H20N2OS/c1-12-11-15(13-5-7-14(18-2)8-6-13)21-16(12)17(20)19-9-3-4-10-19/h5-8,11,18H,3-4,9-10H2,1-2H3. The molecule has 0 radical (unpaired) electrons. The molecule has 3 nitrogen and oxygen atoms in total. The van der Waals surface area contributed by atoms with Gasteiger partial charge in [0, 0.05) is 30.7 Å². The zero-order valence-electron chi connectivity index (χ0n) is 12.5. The van der Waals surface area contributed by atoms with Crippen molar-refractivity contribution < 1.29 is 4.79 Å². The number of carbonyl (C=O) groups excluding carboxylic acids is 1. The number of aryl methyl sites for hydroxylation is 1. The summed E-state index contributed by atoms with van der Waals surface area (Å²) in [6, 6.07) is 10.4. The molecule has 0 atom stereocenters. The van der Waals surface area contributed by atoms with Crippen molar-refractivity contribution in [2.45, 2.75) is 19.8 Å². The van der Waals surface area contributed by atoms with Gasteiger partial charge in [0.2, 0.25) is 0 Å². The van der Waals surface area contributed by atoms with Gasteiger partial charge in [-0.25, -0.2) is 0 Å². The molecule has 0 spiro atoms. The maximum atomic E-state index is 12.5. The lowest BCUT2D eigenvalue weighted by molar-refractivity contribution is 0.0797. The molecule has 0 bridgehead atoms. The third kappa shape index (κ3) is 2.81. The molecule has 2 aromatic rings. The average molecular weight is 300 g/mol. The van der Waals surface area contributed by atoms with Crippen molar-refractivity contribution in [1.29, 1.82) is 0 Å². The average Bonchev–Trinajstić information content (AvgIpc) is 3.16. The first kappa shape index (κ1) is 14.1. The highest BCUT2D eigenvalue weighted by atomic mass is 32.1. The van der Waals surface area contributed by atoms with Crippen molar-refractivity contribution >= 4 is 22.9 Å². The largest absolute Gasteiger partial charge is 0.388 e. The molecule has 1 aromatic carbocycles. The summed E-state index contributed by atoms with van der Waals surface area (Å²) in [5.74, 6) is 0.202. The first-order chi connectivity index (χ1) is 10.2. The molecule has 2 heterocycles. The lowest BCUT2D eigenvalue weighted by atomic mass is 10.1. The second-order valence-electron chi connectivity index (χ2n) is 5.45. The van der Waals surface area contributed by atoms with Gasteiger partial charge in [-0.05, 0) is 49.1 Å². The summed E-state index contributed by atoms with van der Waals surface area (Å²) in [6.07, 6.45) is 2.27. The molecular formula is C17H20N2OS. The third-order valence-electron chi connectivity index (χ3n) is 3.96. The lowest BCUT2D eigenvalue weighted by Gasteiger charge is -2.14. The quantitative estimate of drug-likeness (QED) is 0.929. The minimum Gasteiger partial charge on any atom is -0.388 e. The maximum absolute atomic E-state index is 12.5. The van der Waals surface area contributed by atoms with E-state index in [0.29, 0.717) is 0 Å². The second-order valence-corrected chi connectivity index (χ2v) is 6.50. The Morgan fingerprint density at radius 3 is 2.48 bits per heavy atom. The molecule has 110 valence electrons. The van der Waals surface area contributed by atoms with Crippen LogP contribution in [0.2, 0.25) is 0 Å². The van der Waals surface area contributed by atoms with E-state index in [0.717, 1.165) is 46.9 Å². The number of amides is 1. The van der Waals surface area contributed by atoms with E-state index in [1.165, 1.54) is 5.56 Å². The fraction of sp³-hybridized carbons (Fsp3) is 0.353. The minimum atomic E-state index is 0.202. The predicted octanol–water partition coefficient (Wildman–Crippen LogP) is 4.00. The van der Waals surface area contributed by atoms with Gasteiger partial charge in [-0.3, -0.25) is 4.79 Å². The van der Waals surface area contributed by atoms with Crippen molar-refractivity contribution in [3.8, 4) is 10.4 Å². The maximum Gasteiger partial charge on any atom is 0.264 e. The summed E-state index contributed by atoms with van der Waals surface area (Å²) < 4.78 is 0. The van der Waals surface area contributed by atoms with Crippen LogP contribution < -0.4 is 5.32 Å². The Kier molecular flexibility index (Phi) is 3.97. The van der Waals surface area contributed by atoms with E-state index in [1.807, 2.05) is 18.9 Å². The van der Waals surface area contributed by atoms with Crippen LogP contribution in [-0.4, -0.2) is 30.9 Å². The van der Waals surface area contributed by atoms with Crippen LogP contribution in [0.3, 0.4) is 0 Å². The Labute approximate surface area is 129 Å². The molecule has 0 saturated carbocycles. The molecule has 1 amide bonds. The van der Waals surface area contributed by atoms with Crippen molar-refractivity contribution in [3.05, 3.63) is 40.8 Å². The zero-order valence-corrected chi connectivity index (χ0v) is 13.3. The number of rotatable bonds is 3. The number of hydrogen-bond acceptors (Lipinski definition) is 3. The van der Waals surface area contributed by atoms with Gasteiger partial charge in [-0.15, -0.1) is 11.3 Å². The Bertz CT molecular complexity index is 639. The normalized spacial score (nSPS) is 14.5. The number of benzene rings is 1. The van der Waals surface area contributed by atoms with E-state index < -0.39 is 0 Å². The molecule has 1 aliphatic rings. The first-order valence-corrected chi connectivity index (χ1v) is 8.18. The number of nitrogens with zero attached hydrogens (tertiary/aromatic N) is 1. The van der Waals surface area contributed by atoms with Gasteiger partial charge in [-0.1, -0.05) is 12.1 Å². The number of thiophene rings is 1. The van der Waals surface area contributed by atoms with Crippen LogP contribution in [0.25, 0.3) is 10.4 Å². The van der Waals surface area contributed by atoms with Gasteiger partial charge in [0.1, 0.15) is 0 Å². The molecule has 1 aliphatic heterocycles. The Balaban J connectivity index is 1.87. The van der Waals surface area contributed by atoms with Crippen molar-refractivity contribution in [1.82, 2.24) is 4.90 Å². The summed E-state index contributed by atoms with van der Waals surface area (Å²) in [6.45, 7) is 3.84. The number of nitrogens with one attached hydrogen (secondary N) is 1. The molecule has 1 aromatic heterocycles. The number of anilines is 1. The highest BCUT2D eigenvalue weighted by Crippen LogP contribution is 2.33. The van der Waals surface area contributed by atoms with Crippen LogP contribution in [0.4, 0.5) is 5.69 Å². The monoisotopic (exact) mass is 300 g/mol. The van der Waals surface area contributed by atoms with Crippen LogP contribution in [0.1, 0.15) is 28.1 Å². The van der Waals surface area contributed by atoms with Crippen LogP contribution in [-0.2, 0) is 0 Å². The highest BCUT2D eigenvalue weighted by molar-refractivity contribution is 7.17. The molecule has 3 rings (SSSR count). The molecular weight excluding hydrogens is 280 g/mol. The van der Waals surface area contributed by atoms with Crippen LogP contribution >= 0.6 is 11.3 Å². The number of carbonyl (C=O) groups is 1. The van der Waals surface area contributed by atoms with Crippen molar-refractivity contribution in [2.75, 3.05) is 25.5 Å². The van der Waals surface area contributed by atoms with Crippen LogP contribution in [0.15, 0.2) is 30.3 Å². The molecule has 0 unspecified atom stereocenters. The third-order valence-corrected chi connectivity index (χ3v) is 5.24. The first-order valence-electron chi connectivity index (χ1n) is 7.37. The Hall–Kier alpha value is -1.81. The topological polar surface area (TPSA) is 32.3 Å². The molecule has 1 N–H and O–H groups in total. The van der Waals surface area contributed by atoms with E-state index in [9.17, 15) is 4.79 Å². The minimum absolute atomic E-state index is 0.202. The van der Waals surface area contributed by atoms with E-state index in [1.54, 1.807) is 11.3 Å². The molecule has 1 saturated heterocycles. The summed E-state index contributed by atoms with van der Waals surface area (Å²) in [5, 5.41) is 3.12. The van der Waals surface area contributed by atoms with Gasteiger partial charge >= 0.3 is 0 Å². The van der Waals surface area contributed by atoms with Gasteiger partial charge in [0.25, 0.3) is 5.91 Å². The fourth-order valence-corrected chi connectivity index (χ4v) is 3.85. The summed E-state index contributed by atoms with van der Waals surface area (Å²) in [4.78, 5) is 16.6. The van der Waals surface area contributed by atoms with Crippen LogP contribution in [0.5, 0.6) is 0 Å². The van der Waals surface area contributed by atoms with E-state index in [-0.39, 0.29) is 5.91 Å². The molecule has 4 heteroatoms. The van der Waals surface area contributed by atoms with Crippen molar-refractivity contribution in [3.63, 3.8) is 0 Å². The zero-order chi connectivity index (χ0) is 14.8. The predicted molar refractivity (Wildman–Crippen MR) is 89.2 cm³/mol. The van der Waals surface area contributed by atoms with E-state index in [4.69, 9.17) is 0 Å². The highest BCUT2D eigenvalue weighted by Gasteiger charge is 2.23. The smallest absolute Gasteiger partial charge is 0.264 e. The van der Waals surface area contributed by atoms with Gasteiger partial charge in [-0.2, -0.15) is 0 Å². The summed E-state index contributed by atoms with van der Waals surface area (Å²) in [7, 11) is 1.91. The number of hydrogen-bond donors (Lipinski definition) is 1. The fourth-order valence-electron chi connectivity index (χ4n) is 2.70. The SMILES string of the molecule is CNc1ccc(-c2cc(C)c(C(=O)N3CCCC3)s2)cc1. The second kappa shape index (κ2) is 5.90. The molecule has 1 fully saturated rings. The van der Waals surface area contributed by atoms with Gasteiger partial charge in [0.05, 0.1) is 4.88 Å². The van der Waals surface area contributed by atoms with E-state index >= 15 is 0 Å². The Morgan fingerprint density at radius 1 is 1.19 bits per heavy atom. The Morgan fingerprint density at radius 2 is 1.86 bits per heavy atom. The lowest BCUT2D eigenvalue weighted by Crippen LogP contribution is -2.27. The summed E-state index contributed by atoms with van der Waals surface area (Å²) >= 11 is 1.61.